The molecule has 1 fully saturated rings. The van der Waals surface area contributed by atoms with E-state index in [4.69, 9.17) is 9.84 Å². The van der Waals surface area contributed by atoms with Crippen molar-refractivity contribution in [3.63, 3.8) is 0 Å². The number of hydrogen-bond acceptors (Lipinski definition) is 4. The normalized spacial score (nSPS) is 14.3. The second kappa shape index (κ2) is 9.82. The molecule has 0 aliphatic carbocycles. The second-order valence-corrected chi connectivity index (χ2v) is 9.99. The lowest BCUT2D eigenvalue weighted by Gasteiger charge is -2.32. The Bertz CT molecular complexity index is 1680. The molecule has 0 bridgehead atoms. The average molecular weight is 507 g/mol. The molecule has 1 saturated heterocycles. The number of benzene rings is 3. The molecule has 0 saturated carbocycles. The van der Waals surface area contributed by atoms with Crippen molar-refractivity contribution in [2.45, 2.75) is 19.3 Å². The van der Waals surface area contributed by atoms with Gasteiger partial charge in [0.15, 0.2) is 5.69 Å². The van der Waals surface area contributed by atoms with Gasteiger partial charge in [-0.05, 0) is 61.1 Å². The zero-order valence-electron chi connectivity index (χ0n) is 21.6. The topological polar surface area (TPSA) is 69.4 Å². The molecule has 2 aromatic heterocycles. The van der Waals surface area contributed by atoms with Gasteiger partial charge in [-0.3, -0.25) is 9.59 Å². The first-order chi connectivity index (χ1) is 18.5. The van der Waals surface area contributed by atoms with Gasteiger partial charge < -0.3 is 14.2 Å². The van der Waals surface area contributed by atoms with Crippen molar-refractivity contribution in [1.82, 2.24) is 19.2 Å². The summed E-state index contributed by atoms with van der Waals surface area (Å²) in [6, 6.07) is 25.5. The summed E-state index contributed by atoms with van der Waals surface area (Å²) in [6.45, 7) is 1.35. The van der Waals surface area contributed by atoms with E-state index in [-0.39, 0.29) is 11.5 Å². The van der Waals surface area contributed by atoms with Gasteiger partial charge in [-0.25, -0.2) is 0 Å². The van der Waals surface area contributed by atoms with Gasteiger partial charge in [0.25, 0.3) is 11.5 Å². The Morgan fingerprint density at radius 3 is 2.34 bits per heavy atom. The first kappa shape index (κ1) is 24.0. The van der Waals surface area contributed by atoms with Crippen LogP contribution in [0.2, 0.25) is 0 Å². The molecule has 1 amide bonds. The molecule has 3 aromatic carbocycles. The van der Waals surface area contributed by atoms with E-state index in [2.05, 4.69) is 24.3 Å². The molecule has 192 valence electrons. The number of piperidine rings is 1. The largest absolute Gasteiger partial charge is 0.497 e. The highest BCUT2D eigenvalue weighted by atomic mass is 16.5. The number of ether oxygens (including phenoxy) is 1. The van der Waals surface area contributed by atoms with Gasteiger partial charge in [-0.2, -0.15) is 9.78 Å². The summed E-state index contributed by atoms with van der Waals surface area (Å²) >= 11 is 0. The molecular formula is C31H30N4O3. The Kier molecular flexibility index (Phi) is 6.19. The average Bonchev–Trinajstić information content (AvgIpc) is 3.27. The van der Waals surface area contributed by atoms with E-state index in [0.717, 1.165) is 30.2 Å². The lowest BCUT2D eigenvalue weighted by Crippen LogP contribution is -2.40. The minimum atomic E-state index is -0.262. The zero-order chi connectivity index (χ0) is 26.2. The summed E-state index contributed by atoms with van der Waals surface area (Å²) in [5.74, 6) is 1.09. The summed E-state index contributed by atoms with van der Waals surface area (Å²) in [5, 5.41) is 6.19. The molecule has 38 heavy (non-hydrogen) atoms. The van der Waals surface area contributed by atoms with E-state index in [1.807, 2.05) is 46.8 Å². The first-order valence-electron chi connectivity index (χ1n) is 13.0. The Labute approximate surface area is 220 Å². The molecule has 1 aliphatic rings. The van der Waals surface area contributed by atoms with Crippen LogP contribution in [0, 0.1) is 5.92 Å². The summed E-state index contributed by atoms with van der Waals surface area (Å²) in [4.78, 5) is 29.7. The van der Waals surface area contributed by atoms with Crippen molar-refractivity contribution in [3.8, 4) is 11.4 Å². The van der Waals surface area contributed by atoms with Gasteiger partial charge in [0, 0.05) is 36.4 Å². The van der Waals surface area contributed by atoms with Crippen LogP contribution in [0.15, 0.2) is 83.7 Å². The highest BCUT2D eigenvalue weighted by molar-refractivity contribution is 6.16. The van der Waals surface area contributed by atoms with Gasteiger partial charge in [0.2, 0.25) is 0 Å². The van der Waals surface area contributed by atoms with Crippen molar-refractivity contribution >= 4 is 27.7 Å². The van der Waals surface area contributed by atoms with Crippen molar-refractivity contribution in [3.05, 3.63) is 100 Å². The van der Waals surface area contributed by atoms with Gasteiger partial charge >= 0.3 is 0 Å². The van der Waals surface area contributed by atoms with Crippen molar-refractivity contribution in [2.24, 2.45) is 13.0 Å². The summed E-state index contributed by atoms with van der Waals surface area (Å²) in [5.41, 5.74) is 3.33. The maximum atomic E-state index is 14.0. The molecule has 7 heteroatoms. The number of likely N-dealkylation sites (tertiary alicyclic amines) is 1. The SMILES string of the molecule is COc1ccc(-n2nc(C(=O)N3CCC(Cc4ccccc4)CC3)c3c4ccccc4n(C)c3c2=O)cc1. The summed E-state index contributed by atoms with van der Waals surface area (Å²) < 4.78 is 8.50. The van der Waals surface area contributed by atoms with Gasteiger partial charge in [-0.1, -0.05) is 48.5 Å². The highest BCUT2D eigenvalue weighted by Gasteiger charge is 2.29. The number of rotatable bonds is 5. The predicted octanol–water partition coefficient (Wildman–Crippen LogP) is 4.98. The molecule has 7 nitrogen and oxygen atoms in total. The maximum absolute atomic E-state index is 14.0. The van der Waals surface area contributed by atoms with Crippen LogP contribution in [0.5, 0.6) is 5.75 Å². The fourth-order valence-corrected chi connectivity index (χ4v) is 5.66. The Hall–Kier alpha value is -4.39. The van der Waals surface area contributed by atoms with Crippen LogP contribution in [0.4, 0.5) is 0 Å². The number of methoxy groups -OCH3 is 1. The number of para-hydroxylation sites is 1. The number of amides is 1. The van der Waals surface area contributed by atoms with Gasteiger partial charge in [-0.15, -0.1) is 0 Å². The first-order valence-corrected chi connectivity index (χ1v) is 13.0. The summed E-state index contributed by atoms with van der Waals surface area (Å²) in [7, 11) is 3.47. The van der Waals surface area contributed by atoms with E-state index in [9.17, 15) is 9.59 Å². The number of carbonyl (C=O) groups excluding carboxylic acids is 1. The number of nitrogens with zero attached hydrogens (tertiary/aromatic N) is 4. The number of fused-ring (bicyclic) bond motifs is 3. The number of aromatic nitrogens is 3. The van der Waals surface area contributed by atoms with Gasteiger partial charge in [0.1, 0.15) is 11.3 Å². The molecular weight excluding hydrogens is 476 g/mol. The smallest absolute Gasteiger partial charge is 0.296 e. The minimum Gasteiger partial charge on any atom is -0.497 e. The predicted molar refractivity (Wildman–Crippen MR) is 149 cm³/mol. The Morgan fingerprint density at radius 2 is 1.63 bits per heavy atom. The molecule has 6 rings (SSSR count). The molecule has 0 radical (unpaired) electrons. The van der Waals surface area contributed by atoms with E-state index < -0.39 is 0 Å². The van der Waals surface area contributed by atoms with Crippen LogP contribution in [-0.4, -0.2) is 45.4 Å². The van der Waals surface area contributed by atoms with Crippen molar-refractivity contribution in [2.75, 3.05) is 20.2 Å². The van der Waals surface area contributed by atoms with Crippen LogP contribution in [0.3, 0.4) is 0 Å². The third kappa shape index (κ3) is 4.14. The summed E-state index contributed by atoms with van der Waals surface area (Å²) in [6.07, 6.45) is 2.91. The molecule has 0 unspecified atom stereocenters. The molecule has 3 heterocycles. The monoisotopic (exact) mass is 506 g/mol. The van der Waals surface area contributed by atoms with E-state index in [1.54, 1.807) is 31.4 Å². The quantitative estimate of drug-likeness (QED) is 0.337. The molecule has 0 spiro atoms. The molecule has 1 aliphatic heterocycles. The van der Waals surface area contributed by atoms with Crippen LogP contribution in [0.1, 0.15) is 28.9 Å². The molecule has 0 N–H and O–H groups in total. The minimum absolute atomic E-state index is 0.133. The maximum Gasteiger partial charge on any atom is 0.296 e. The fraction of sp³-hybridized carbons (Fsp3) is 0.258. The van der Waals surface area contributed by atoms with Crippen LogP contribution in [0.25, 0.3) is 27.5 Å². The van der Waals surface area contributed by atoms with Gasteiger partial charge in [0.05, 0.1) is 12.8 Å². The van der Waals surface area contributed by atoms with E-state index >= 15 is 0 Å². The van der Waals surface area contributed by atoms with Crippen LogP contribution < -0.4 is 10.3 Å². The molecule has 5 aromatic rings. The van der Waals surface area contributed by atoms with Crippen LogP contribution >= 0.6 is 0 Å². The lowest BCUT2D eigenvalue weighted by atomic mass is 9.90. The number of hydrogen-bond donors (Lipinski definition) is 0. The Morgan fingerprint density at radius 1 is 0.947 bits per heavy atom. The lowest BCUT2D eigenvalue weighted by molar-refractivity contribution is 0.0685. The van der Waals surface area contributed by atoms with E-state index in [0.29, 0.717) is 47.0 Å². The van der Waals surface area contributed by atoms with Crippen molar-refractivity contribution in [1.29, 1.82) is 0 Å². The van der Waals surface area contributed by atoms with Crippen LogP contribution in [-0.2, 0) is 13.5 Å². The Balaban J connectivity index is 1.41. The molecule has 0 atom stereocenters. The van der Waals surface area contributed by atoms with Crippen molar-refractivity contribution < 1.29 is 9.53 Å². The second-order valence-electron chi connectivity index (χ2n) is 9.99. The third-order valence-electron chi connectivity index (χ3n) is 7.73. The third-order valence-corrected chi connectivity index (χ3v) is 7.73. The standard InChI is InChI=1S/C31H30N4O3/c1-33-26-11-7-6-10-25(26)27-28(32-35(31(37)29(27)33)23-12-14-24(38-2)15-13-23)30(36)34-18-16-22(17-19-34)20-21-8-4-3-5-9-21/h3-15,22H,16-20H2,1-2H3. The fourth-order valence-electron chi connectivity index (χ4n) is 5.66. The number of carbonyl (C=O) groups is 1. The number of aryl methyl sites for hydroxylation is 1. The van der Waals surface area contributed by atoms with E-state index in [1.165, 1.54) is 10.2 Å². The highest BCUT2D eigenvalue weighted by Crippen LogP contribution is 2.30. The zero-order valence-corrected chi connectivity index (χ0v) is 21.6.